The number of nitrogens with zero attached hydrogens (tertiary/aromatic N) is 1. The number of allylic oxidation sites excluding steroid dienone is 5. The largest absolute Gasteiger partial charge is 0.258 e. The zero-order chi connectivity index (χ0) is 9.14. The van der Waals surface area contributed by atoms with E-state index in [0.29, 0.717) is 0 Å². The van der Waals surface area contributed by atoms with Crippen LogP contribution in [0.25, 0.3) is 0 Å². The van der Waals surface area contributed by atoms with Crippen LogP contribution in [0.15, 0.2) is 37.7 Å². The summed E-state index contributed by atoms with van der Waals surface area (Å²) < 4.78 is 5.85. The Morgan fingerprint density at radius 2 is 1.92 bits per heavy atom. The second kappa shape index (κ2) is 4.41. The maximum atomic E-state index is 5.23. The van der Waals surface area contributed by atoms with Crippen LogP contribution >= 0.6 is 44.0 Å². The Morgan fingerprint density at radius 1 is 1.33 bits per heavy atom. The summed E-state index contributed by atoms with van der Waals surface area (Å²) in [5, 5.41) is 5.23. The highest BCUT2D eigenvalue weighted by Gasteiger charge is 2.14. The molecule has 2 N–H and O–H groups in total. The molecule has 0 atom stereocenters. The lowest BCUT2D eigenvalue weighted by molar-refractivity contribution is 1.67. The molecule has 0 spiro atoms. The highest BCUT2D eigenvalue weighted by atomic mass is 79.9. The van der Waals surface area contributed by atoms with Gasteiger partial charge in [-0.05, 0) is 28.1 Å². The van der Waals surface area contributed by atoms with Gasteiger partial charge in [0.1, 0.15) is 0 Å². The van der Waals surface area contributed by atoms with Crippen molar-refractivity contribution in [2.45, 2.75) is 0 Å². The van der Waals surface area contributed by atoms with Crippen molar-refractivity contribution in [1.29, 1.82) is 0 Å². The van der Waals surface area contributed by atoms with Gasteiger partial charge in [-0.3, -0.25) is 5.14 Å². The fourth-order valence-electron chi connectivity index (χ4n) is 0.735. The molecule has 12 heavy (non-hydrogen) atoms. The van der Waals surface area contributed by atoms with Gasteiger partial charge in [-0.2, -0.15) is 4.40 Å². The van der Waals surface area contributed by atoms with Crippen molar-refractivity contribution in [3.63, 3.8) is 0 Å². The maximum Gasteiger partial charge on any atom is 0.0947 e. The minimum atomic E-state index is 0.775. The van der Waals surface area contributed by atoms with Gasteiger partial charge in [0.05, 0.1) is 17.8 Å². The van der Waals surface area contributed by atoms with Crippen molar-refractivity contribution < 1.29 is 0 Å². The average Bonchev–Trinajstić information content (AvgIpc) is 2.06. The summed E-state index contributed by atoms with van der Waals surface area (Å²) in [7, 11) is 0. The molecule has 5 heteroatoms. The smallest absolute Gasteiger partial charge is 0.0947 e. The van der Waals surface area contributed by atoms with Gasteiger partial charge in [-0.15, -0.1) is 0 Å². The van der Waals surface area contributed by atoms with Crippen molar-refractivity contribution >= 4 is 49.7 Å². The molecule has 0 heterocycles. The summed E-state index contributed by atoms with van der Waals surface area (Å²) in [5.74, 6) is 0. The van der Waals surface area contributed by atoms with Crippen molar-refractivity contribution in [2.24, 2.45) is 9.54 Å². The molecule has 0 aromatic carbocycles. The monoisotopic (exact) mass is 308 g/mol. The van der Waals surface area contributed by atoms with Gasteiger partial charge in [-0.1, -0.05) is 22.5 Å². The van der Waals surface area contributed by atoms with Crippen LogP contribution < -0.4 is 5.14 Å². The van der Waals surface area contributed by atoms with Gasteiger partial charge in [-0.25, -0.2) is 0 Å². The molecule has 0 saturated carbocycles. The normalized spacial score (nSPS) is 20.9. The molecule has 2 nitrogen and oxygen atoms in total. The van der Waals surface area contributed by atoms with E-state index in [9.17, 15) is 0 Å². The fraction of sp³-hybridized carbons (Fsp3) is 0. The van der Waals surface area contributed by atoms with Gasteiger partial charge in [0, 0.05) is 14.5 Å². The first-order valence-corrected chi connectivity index (χ1v) is 5.46. The van der Waals surface area contributed by atoms with Crippen LogP contribution in [0.5, 0.6) is 0 Å². The first kappa shape index (κ1) is 10.2. The lowest BCUT2D eigenvalue weighted by Gasteiger charge is -2.11. The van der Waals surface area contributed by atoms with E-state index in [1.54, 1.807) is 0 Å². The number of nitrogens with two attached hydrogens (primary N) is 1. The number of hydrogen-bond donors (Lipinski definition) is 1. The molecule has 1 rings (SSSR count). The molecule has 0 bridgehead atoms. The molecule has 0 aromatic rings. The average molecular weight is 310 g/mol. The van der Waals surface area contributed by atoms with Gasteiger partial charge in [0.25, 0.3) is 0 Å². The molecule has 0 aliphatic heterocycles. The number of halogens is 2. The van der Waals surface area contributed by atoms with Crippen molar-refractivity contribution in [3.05, 3.63) is 33.3 Å². The molecule has 0 unspecified atom stereocenters. The van der Waals surface area contributed by atoms with E-state index < -0.39 is 0 Å². The predicted molar refractivity (Wildman–Crippen MR) is 62.4 cm³/mol. The van der Waals surface area contributed by atoms with Gasteiger partial charge in [0.2, 0.25) is 0 Å². The first-order chi connectivity index (χ1) is 5.66. The zero-order valence-corrected chi connectivity index (χ0v) is 10.0. The van der Waals surface area contributed by atoms with Crippen molar-refractivity contribution in [1.82, 2.24) is 0 Å². The Bertz CT molecular complexity index is 301. The molecule has 0 saturated heterocycles. The third kappa shape index (κ3) is 2.10. The second-order valence-corrected chi connectivity index (χ2v) is 4.16. The van der Waals surface area contributed by atoms with E-state index in [-0.39, 0.29) is 0 Å². The van der Waals surface area contributed by atoms with E-state index in [0.717, 1.165) is 32.4 Å². The van der Waals surface area contributed by atoms with Crippen LogP contribution in [0.1, 0.15) is 0 Å². The number of rotatable bonds is 1. The molecular formula is C7H6Br2N2S. The summed E-state index contributed by atoms with van der Waals surface area (Å²) in [6.07, 6.45) is 3.81. The molecule has 0 aromatic heterocycles. The highest BCUT2D eigenvalue weighted by Crippen LogP contribution is 2.28. The predicted octanol–water partition coefficient (Wildman–Crippen LogP) is 3.08. The molecule has 0 amide bonds. The summed E-state index contributed by atoms with van der Waals surface area (Å²) in [4.78, 5) is 0. The molecule has 0 radical (unpaired) electrons. The van der Waals surface area contributed by atoms with Crippen LogP contribution in [0.3, 0.4) is 0 Å². The SMILES string of the molecule is C=C1C(Br)=CC=C(Br)/C1=N/SN. The Kier molecular flexibility index (Phi) is 3.77. The van der Waals surface area contributed by atoms with Crippen LogP contribution in [0.2, 0.25) is 0 Å². The Labute approximate surface area is 92.2 Å². The summed E-state index contributed by atoms with van der Waals surface area (Å²) in [6.45, 7) is 3.86. The van der Waals surface area contributed by atoms with Crippen molar-refractivity contribution in [2.75, 3.05) is 0 Å². The Hall–Kier alpha value is 0.160. The molecule has 0 fully saturated rings. The topological polar surface area (TPSA) is 38.4 Å². The van der Waals surface area contributed by atoms with Crippen LogP contribution in [0, 0.1) is 0 Å². The Balaban J connectivity index is 3.06. The quantitative estimate of drug-likeness (QED) is 0.756. The van der Waals surface area contributed by atoms with E-state index >= 15 is 0 Å². The third-order valence-electron chi connectivity index (χ3n) is 1.32. The Morgan fingerprint density at radius 3 is 2.50 bits per heavy atom. The molecule has 64 valence electrons. The minimum Gasteiger partial charge on any atom is -0.258 e. The molecule has 1 aliphatic carbocycles. The lowest BCUT2D eigenvalue weighted by atomic mass is 10.1. The third-order valence-corrected chi connectivity index (χ3v) is 2.99. The van der Waals surface area contributed by atoms with E-state index in [4.69, 9.17) is 5.14 Å². The molecular weight excluding hydrogens is 304 g/mol. The van der Waals surface area contributed by atoms with E-state index in [1.807, 2.05) is 12.2 Å². The minimum absolute atomic E-state index is 0.775. The summed E-state index contributed by atoms with van der Waals surface area (Å²) in [5.41, 5.74) is 1.61. The lowest BCUT2D eigenvalue weighted by Crippen LogP contribution is -2.05. The van der Waals surface area contributed by atoms with Crippen molar-refractivity contribution in [3.8, 4) is 0 Å². The van der Waals surface area contributed by atoms with E-state index in [1.165, 1.54) is 0 Å². The van der Waals surface area contributed by atoms with Gasteiger partial charge >= 0.3 is 0 Å². The molecule has 1 aliphatic rings. The second-order valence-electron chi connectivity index (χ2n) is 2.05. The van der Waals surface area contributed by atoms with E-state index in [2.05, 4.69) is 42.8 Å². The van der Waals surface area contributed by atoms with Gasteiger partial charge < -0.3 is 0 Å². The van der Waals surface area contributed by atoms with Crippen LogP contribution in [0.4, 0.5) is 0 Å². The van der Waals surface area contributed by atoms with Crippen LogP contribution in [-0.4, -0.2) is 5.71 Å². The van der Waals surface area contributed by atoms with Crippen LogP contribution in [-0.2, 0) is 0 Å². The standard InChI is InChI=1S/C7H6Br2N2S/c1-4-5(8)2-3-6(9)7(4)11-12-10/h2-3H,1,10H2/b11-7+. The van der Waals surface area contributed by atoms with Gasteiger partial charge in [0.15, 0.2) is 0 Å². The maximum absolute atomic E-state index is 5.23. The summed E-state index contributed by atoms with van der Waals surface area (Å²) >= 11 is 7.64. The highest BCUT2D eigenvalue weighted by molar-refractivity contribution is 9.12. The zero-order valence-electron chi connectivity index (χ0n) is 6.05. The summed E-state index contributed by atoms with van der Waals surface area (Å²) in [6, 6.07) is 0. The fourth-order valence-corrected chi connectivity index (χ4v) is 1.95. The first-order valence-electron chi connectivity index (χ1n) is 3.03. The number of hydrogen-bond acceptors (Lipinski definition) is 3.